The molecule has 1 aromatic carbocycles. The molecule has 3 N–H and O–H groups in total. The Morgan fingerprint density at radius 2 is 2.16 bits per heavy atom. The number of carbonyl (C=O) groups excluding carboxylic acids is 1. The summed E-state index contributed by atoms with van der Waals surface area (Å²) in [7, 11) is 1.82. The molecule has 0 aliphatic heterocycles. The molecule has 1 heterocycles. The van der Waals surface area contributed by atoms with E-state index in [4.69, 9.17) is 0 Å². The molecule has 0 radical (unpaired) electrons. The molecule has 0 saturated carbocycles. The van der Waals surface area contributed by atoms with Crippen molar-refractivity contribution in [2.24, 2.45) is 7.05 Å². The van der Waals surface area contributed by atoms with Crippen molar-refractivity contribution in [2.45, 2.75) is 13.5 Å². The number of carbonyl (C=O) groups is 1. The van der Waals surface area contributed by atoms with Crippen LogP contribution < -0.4 is 5.32 Å². The zero-order valence-corrected chi connectivity index (χ0v) is 10.7. The van der Waals surface area contributed by atoms with Gasteiger partial charge in [-0.3, -0.25) is 9.48 Å². The topological polar surface area (TPSA) is 87.4 Å². The van der Waals surface area contributed by atoms with E-state index in [1.165, 1.54) is 18.2 Å². The number of nitrogens with zero attached hydrogens (tertiary/aromatic N) is 2. The van der Waals surface area contributed by atoms with Gasteiger partial charge in [0.25, 0.3) is 5.91 Å². The van der Waals surface area contributed by atoms with Gasteiger partial charge in [0.1, 0.15) is 0 Å². The molecule has 0 unspecified atom stereocenters. The number of aromatic hydroxyl groups is 2. The van der Waals surface area contributed by atoms with Crippen molar-refractivity contribution in [3.05, 3.63) is 41.2 Å². The number of aromatic nitrogens is 2. The third-order valence-electron chi connectivity index (χ3n) is 3.04. The molecule has 0 spiro atoms. The summed E-state index contributed by atoms with van der Waals surface area (Å²) < 4.78 is 1.72. The lowest BCUT2D eigenvalue weighted by atomic mass is 10.1. The molecule has 6 nitrogen and oxygen atoms in total. The van der Waals surface area contributed by atoms with Gasteiger partial charge in [-0.15, -0.1) is 0 Å². The predicted molar refractivity (Wildman–Crippen MR) is 68.9 cm³/mol. The highest BCUT2D eigenvalue weighted by Gasteiger charge is 2.14. The van der Waals surface area contributed by atoms with Crippen LogP contribution in [0.1, 0.15) is 21.6 Å². The van der Waals surface area contributed by atoms with Crippen LogP contribution >= 0.6 is 0 Å². The SMILES string of the molecule is Cc1c(CNC(=O)c2cccc(O)c2O)cnn1C. The summed E-state index contributed by atoms with van der Waals surface area (Å²) in [4.78, 5) is 11.9. The summed E-state index contributed by atoms with van der Waals surface area (Å²) >= 11 is 0. The fourth-order valence-corrected chi connectivity index (χ4v) is 1.70. The molecule has 19 heavy (non-hydrogen) atoms. The average molecular weight is 261 g/mol. The number of para-hydroxylation sites is 1. The second-order valence-electron chi connectivity index (χ2n) is 4.23. The normalized spacial score (nSPS) is 10.4. The van der Waals surface area contributed by atoms with E-state index < -0.39 is 11.7 Å². The van der Waals surface area contributed by atoms with E-state index in [0.717, 1.165) is 11.3 Å². The molecule has 2 aromatic rings. The van der Waals surface area contributed by atoms with E-state index >= 15 is 0 Å². The third-order valence-corrected chi connectivity index (χ3v) is 3.04. The lowest BCUT2D eigenvalue weighted by Crippen LogP contribution is -2.23. The van der Waals surface area contributed by atoms with E-state index in [-0.39, 0.29) is 11.3 Å². The van der Waals surface area contributed by atoms with Crippen molar-refractivity contribution in [3.8, 4) is 11.5 Å². The number of phenolic OH excluding ortho intramolecular Hbond substituents is 2. The van der Waals surface area contributed by atoms with Crippen LogP contribution in [0.4, 0.5) is 0 Å². The van der Waals surface area contributed by atoms with Crippen LogP contribution in [-0.2, 0) is 13.6 Å². The van der Waals surface area contributed by atoms with E-state index in [0.29, 0.717) is 6.54 Å². The van der Waals surface area contributed by atoms with Gasteiger partial charge in [0.05, 0.1) is 11.8 Å². The summed E-state index contributed by atoms with van der Waals surface area (Å²) in [6.07, 6.45) is 1.68. The molecule has 6 heteroatoms. The number of hydrogen-bond donors (Lipinski definition) is 3. The Labute approximate surface area is 110 Å². The molecule has 0 aliphatic rings. The second kappa shape index (κ2) is 5.01. The van der Waals surface area contributed by atoms with Crippen LogP contribution in [0.2, 0.25) is 0 Å². The van der Waals surface area contributed by atoms with E-state index in [1.54, 1.807) is 10.9 Å². The molecule has 0 fully saturated rings. The second-order valence-corrected chi connectivity index (χ2v) is 4.23. The zero-order valence-electron chi connectivity index (χ0n) is 10.7. The van der Waals surface area contributed by atoms with Crippen LogP contribution in [0, 0.1) is 6.92 Å². The number of phenols is 2. The number of rotatable bonds is 3. The molecule has 2 rings (SSSR count). The van der Waals surface area contributed by atoms with Gasteiger partial charge in [-0.25, -0.2) is 0 Å². The Balaban J connectivity index is 2.10. The van der Waals surface area contributed by atoms with E-state index in [1.807, 2.05) is 14.0 Å². The summed E-state index contributed by atoms with van der Waals surface area (Å²) in [6.45, 7) is 2.22. The van der Waals surface area contributed by atoms with Gasteiger partial charge in [-0.2, -0.15) is 5.10 Å². The molecule has 0 aliphatic carbocycles. The molecular formula is C13H15N3O3. The van der Waals surface area contributed by atoms with Crippen molar-refractivity contribution in [2.75, 3.05) is 0 Å². The highest BCUT2D eigenvalue weighted by Crippen LogP contribution is 2.27. The van der Waals surface area contributed by atoms with Crippen LogP contribution in [0.25, 0.3) is 0 Å². The molecule has 100 valence electrons. The first kappa shape index (κ1) is 12.9. The highest BCUT2D eigenvalue weighted by molar-refractivity contribution is 5.97. The lowest BCUT2D eigenvalue weighted by molar-refractivity contribution is 0.0947. The van der Waals surface area contributed by atoms with Crippen molar-refractivity contribution >= 4 is 5.91 Å². The number of amides is 1. The van der Waals surface area contributed by atoms with Gasteiger partial charge < -0.3 is 15.5 Å². The summed E-state index contributed by atoms with van der Waals surface area (Å²) in [6, 6.07) is 4.26. The summed E-state index contributed by atoms with van der Waals surface area (Å²) in [5.41, 5.74) is 1.90. The summed E-state index contributed by atoms with van der Waals surface area (Å²) in [5, 5.41) is 25.7. The average Bonchev–Trinajstić information content (AvgIpc) is 2.70. The first-order chi connectivity index (χ1) is 9.00. The first-order valence-electron chi connectivity index (χ1n) is 5.77. The predicted octanol–water partition coefficient (Wildman–Crippen LogP) is 1.07. The maximum absolute atomic E-state index is 11.9. The number of benzene rings is 1. The minimum Gasteiger partial charge on any atom is -0.504 e. The first-order valence-corrected chi connectivity index (χ1v) is 5.77. The lowest BCUT2D eigenvalue weighted by Gasteiger charge is -2.07. The van der Waals surface area contributed by atoms with Crippen molar-refractivity contribution < 1.29 is 15.0 Å². The third kappa shape index (κ3) is 2.52. The fourth-order valence-electron chi connectivity index (χ4n) is 1.70. The number of hydrogen-bond acceptors (Lipinski definition) is 4. The van der Waals surface area contributed by atoms with Gasteiger partial charge >= 0.3 is 0 Å². The molecule has 0 atom stereocenters. The molecule has 1 aromatic heterocycles. The van der Waals surface area contributed by atoms with Crippen molar-refractivity contribution in [1.29, 1.82) is 0 Å². The van der Waals surface area contributed by atoms with Crippen LogP contribution in [0.15, 0.2) is 24.4 Å². The van der Waals surface area contributed by atoms with Crippen molar-refractivity contribution in [3.63, 3.8) is 0 Å². The zero-order chi connectivity index (χ0) is 14.0. The van der Waals surface area contributed by atoms with Crippen LogP contribution in [0.3, 0.4) is 0 Å². The molecule has 1 amide bonds. The minimum absolute atomic E-state index is 0.0431. The minimum atomic E-state index is -0.448. The monoisotopic (exact) mass is 261 g/mol. The quantitative estimate of drug-likeness (QED) is 0.721. The standard InChI is InChI=1S/C13H15N3O3/c1-8-9(7-15-16(8)2)6-14-13(19)10-4-3-5-11(17)12(10)18/h3-5,7,17-18H,6H2,1-2H3,(H,14,19). The van der Waals surface area contributed by atoms with Gasteiger partial charge in [0.2, 0.25) is 0 Å². The molecular weight excluding hydrogens is 246 g/mol. The maximum Gasteiger partial charge on any atom is 0.255 e. The van der Waals surface area contributed by atoms with Gasteiger partial charge in [-0.05, 0) is 19.1 Å². The Kier molecular flexibility index (Phi) is 3.41. The maximum atomic E-state index is 11.9. The Bertz CT molecular complexity index is 620. The fraction of sp³-hybridized carbons (Fsp3) is 0.231. The smallest absolute Gasteiger partial charge is 0.255 e. The molecule has 0 bridgehead atoms. The van der Waals surface area contributed by atoms with E-state index in [2.05, 4.69) is 10.4 Å². The largest absolute Gasteiger partial charge is 0.504 e. The number of aryl methyl sites for hydroxylation is 1. The Morgan fingerprint density at radius 3 is 2.79 bits per heavy atom. The Hall–Kier alpha value is -2.50. The summed E-state index contributed by atoms with van der Waals surface area (Å²) in [5.74, 6) is -1.18. The van der Waals surface area contributed by atoms with Gasteiger partial charge in [-0.1, -0.05) is 6.07 Å². The molecule has 0 saturated heterocycles. The van der Waals surface area contributed by atoms with Crippen LogP contribution in [0.5, 0.6) is 11.5 Å². The van der Waals surface area contributed by atoms with Crippen LogP contribution in [-0.4, -0.2) is 25.9 Å². The van der Waals surface area contributed by atoms with Crippen molar-refractivity contribution in [1.82, 2.24) is 15.1 Å². The number of nitrogens with one attached hydrogen (secondary N) is 1. The van der Waals surface area contributed by atoms with E-state index in [9.17, 15) is 15.0 Å². The highest BCUT2D eigenvalue weighted by atomic mass is 16.3. The Morgan fingerprint density at radius 1 is 1.42 bits per heavy atom. The van der Waals surface area contributed by atoms with Gasteiger partial charge in [0, 0.05) is 24.8 Å². The van der Waals surface area contributed by atoms with Gasteiger partial charge in [0.15, 0.2) is 11.5 Å².